The molecule has 12 nitrogen and oxygen atoms in total. The molecule has 118 valence electrons. The quantitative estimate of drug-likeness (QED) is 0.187. The van der Waals surface area contributed by atoms with Crippen molar-refractivity contribution >= 4 is 58.0 Å². The van der Waals surface area contributed by atoms with Crippen molar-refractivity contribution in [3.05, 3.63) is 21.3 Å². The SMILES string of the molecule is O=C1C(O)=C(S(=O)(=O)O)C(=O)C(S(=O)(=O)O)=C1OB(O)O.[LiH]. The van der Waals surface area contributed by atoms with Crippen molar-refractivity contribution in [2.75, 3.05) is 0 Å². The van der Waals surface area contributed by atoms with Crippen molar-refractivity contribution in [3.63, 3.8) is 0 Å². The number of hydrogen-bond acceptors (Lipinski definition) is 10. The van der Waals surface area contributed by atoms with Gasteiger partial charge in [0, 0.05) is 0 Å². The van der Waals surface area contributed by atoms with E-state index in [1.54, 1.807) is 0 Å². The summed E-state index contributed by atoms with van der Waals surface area (Å²) in [4.78, 5) is 19.1. The first-order valence-electron chi connectivity index (χ1n) is 4.53. The Labute approximate surface area is 134 Å². The van der Waals surface area contributed by atoms with Crippen LogP contribution in [0.1, 0.15) is 0 Å². The third-order valence-corrected chi connectivity index (χ3v) is 3.78. The Balaban J connectivity index is 0.00000441. The van der Waals surface area contributed by atoms with Gasteiger partial charge in [-0.15, -0.1) is 0 Å². The van der Waals surface area contributed by atoms with Gasteiger partial charge in [0.2, 0.25) is 5.78 Å². The van der Waals surface area contributed by atoms with Crippen LogP contribution in [0.25, 0.3) is 0 Å². The molecule has 0 aromatic carbocycles. The molecule has 0 aromatic heterocycles. The van der Waals surface area contributed by atoms with E-state index in [1.807, 2.05) is 0 Å². The van der Waals surface area contributed by atoms with E-state index in [2.05, 4.69) is 4.65 Å². The molecular formula is C6H6BLiO12S2. The molecule has 0 aromatic rings. The van der Waals surface area contributed by atoms with Crippen molar-refractivity contribution in [2.24, 2.45) is 0 Å². The number of rotatable bonds is 4. The Morgan fingerprint density at radius 1 is 0.864 bits per heavy atom. The fraction of sp³-hybridized carbons (Fsp3) is 0. The summed E-state index contributed by atoms with van der Waals surface area (Å²) in [5.41, 5.74) is 0. The summed E-state index contributed by atoms with van der Waals surface area (Å²) in [5, 5.41) is 26.2. The molecule has 5 N–H and O–H groups in total. The number of allylic oxidation sites excluding steroid dienone is 2. The number of carbonyl (C=O) groups is 2. The van der Waals surface area contributed by atoms with Crippen molar-refractivity contribution in [3.8, 4) is 0 Å². The molecular weight excluding hydrogens is 346 g/mol. The Hall–Kier alpha value is -1.18. The molecule has 0 radical (unpaired) electrons. The number of hydrogen-bond donors (Lipinski definition) is 5. The number of aliphatic hydroxyl groups is 1. The number of aliphatic hydroxyl groups excluding tert-OH is 1. The predicted octanol–water partition coefficient (Wildman–Crippen LogP) is -3.77. The molecule has 0 amide bonds. The van der Waals surface area contributed by atoms with Gasteiger partial charge in [0.1, 0.15) is 0 Å². The van der Waals surface area contributed by atoms with E-state index in [4.69, 9.17) is 19.2 Å². The fourth-order valence-electron chi connectivity index (χ4n) is 1.31. The maximum atomic E-state index is 11.6. The van der Waals surface area contributed by atoms with E-state index < -0.39 is 60.5 Å². The fourth-order valence-corrected chi connectivity index (χ4v) is 2.76. The van der Waals surface area contributed by atoms with Gasteiger partial charge in [-0.05, 0) is 0 Å². The zero-order valence-corrected chi connectivity index (χ0v) is 11.1. The molecule has 0 saturated heterocycles. The zero-order chi connectivity index (χ0) is 16.7. The van der Waals surface area contributed by atoms with Crippen LogP contribution in [0.4, 0.5) is 0 Å². The Morgan fingerprint density at radius 3 is 1.59 bits per heavy atom. The molecule has 1 aliphatic rings. The maximum absolute atomic E-state index is 11.6. The Bertz CT molecular complexity index is 787. The topological polar surface area (TPSA) is 213 Å². The van der Waals surface area contributed by atoms with Crippen molar-refractivity contribution in [1.82, 2.24) is 0 Å². The summed E-state index contributed by atoms with van der Waals surface area (Å²) < 4.78 is 65.1. The molecule has 16 heteroatoms. The first-order chi connectivity index (χ1) is 9.28. The Kier molecular flexibility index (Phi) is 6.17. The van der Waals surface area contributed by atoms with Crippen LogP contribution in [0.3, 0.4) is 0 Å². The van der Waals surface area contributed by atoms with Gasteiger partial charge in [0.05, 0.1) is 0 Å². The van der Waals surface area contributed by atoms with E-state index >= 15 is 0 Å². The summed E-state index contributed by atoms with van der Waals surface area (Å²) >= 11 is 0. The van der Waals surface area contributed by atoms with Crippen molar-refractivity contribution in [1.29, 1.82) is 0 Å². The van der Waals surface area contributed by atoms with Gasteiger partial charge in [-0.25, -0.2) is 0 Å². The molecule has 0 unspecified atom stereocenters. The second-order valence-corrected chi connectivity index (χ2v) is 6.11. The molecule has 0 heterocycles. The average Bonchev–Trinajstić information content (AvgIpc) is 2.20. The van der Waals surface area contributed by atoms with E-state index in [0.29, 0.717) is 0 Å². The van der Waals surface area contributed by atoms with Gasteiger partial charge in [-0.2, -0.15) is 16.8 Å². The molecule has 0 saturated carbocycles. The molecule has 22 heavy (non-hydrogen) atoms. The van der Waals surface area contributed by atoms with E-state index in [-0.39, 0.29) is 18.9 Å². The van der Waals surface area contributed by atoms with Crippen LogP contribution in [0.5, 0.6) is 0 Å². The third-order valence-electron chi connectivity index (χ3n) is 1.99. The second kappa shape index (κ2) is 6.52. The number of ketones is 2. The summed E-state index contributed by atoms with van der Waals surface area (Å²) in [5.74, 6) is -7.86. The van der Waals surface area contributed by atoms with Crippen LogP contribution in [0.2, 0.25) is 0 Å². The molecule has 0 spiro atoms. The monoisotopic (exact) mass is 352 g/mol. The number of Topliss-reactive ketones (excluding diaryl/α,β-unsaturated/α-hetero) is 2. The van der Waals surface area contributed by atoms with Crippen LogP contribution >= 0.6 is 0 Å². The van der Waals surface area contributed by atoms with Gasteiger partial charge in [-0.3, -0.25) is 18.7 Å². The first kappa shape index (κ1) is 20.8. The van der Waals surface area contributed by atoms with Gasteiger partial charge < -0.3 is 19.8 Å². The summed E-state index contributed by atoms with van der Waals surface area (Å²) in [6.07, 6.45) is 0. The van der Waals surface area contributed by atoms with Crippen molar-refractivity contribution < 1.29 is 55.3 Å². The van der Waals surface area contributed by atoms with Crippen LogP contribution in [-0.4, -0.2) is 78.8 Å². The summed E-state index contributed by atoms with van der Waals surface area (Å²) in [6.45, 7) is 0. The predicted molar refractivity (Wildman–Crippen MR) is 68.2 cm³/mol. The van der Waals surface area contributed by atoms with Gasteiger partial charge >= 0.3 is 46.4 Å². The van der Waals surface area contributed by atoms with E-state index in [0.717, 1.165) is 0 Å². The normalized spacial score (nSPS) is 16.5. The molecule has 0 atom stereocenters. The number of carbonyl (C=O) groups excluding carboxylic acids is 2. The molecule has 0 fully saturated rings. The van der Waals surface area contributed by atoms with Crippen LogP contribution in [0.15, 0.2) is 21.3 Å². The van der Waals surface area contributed by atoms with Crippen LogP contribution in [0, 0.1) is 0 Å². The minimum atomic E-state index is -5.58. The molecule has 0 bridgehead atoms. The molecule has 0 aliphatic heterocycles. The standard InChI is InChI=1S/C6H5BO12S2.Li.H/c8-1-2(9)5(20(13,14)15)3(10)6(21(16,17)18)4(1)19-7(11)12;;/h9,11-12H,(H,13,14,15)(H,16,17,18);;. The molecule has 1 aliphatic carbocycles. The third kappa shape index (κ3) is 3.97. The summed E-state index contributed by atoms with van der Waals surface area (Å²) in [7, 11) is -14.0. The van der Waals surface area contributed by atoms with Gasteiger partial charge in [0.15, 0.2) is 21.3 Å². The average molecular weight is 352 g/mol. The van der Waals surface area contributed by atoms with Crippen LogP contribution in [-0.2, 0) is 34.5 Å². The van der Waals surface area contributed by atoms with E-state index in [1.165, 1.54) is 0 Å². The van der Waals surface area contributed by atoms with Crippen molar-refractivity contribution in [2.45, 2.75) is 0 Å². The van der Waals surface area contributed by atoms with Crippen LogP contribution < -0.4 is 0 Å². The first-order valence-corrected chi connectivity index (χ1v) is 7.41. The van der Waals surface area contributed by atoms with Gasteiger partial charge in [0.25, 0.3) is 5.78 Å². The summed E-state index contributed by atoms with van der Waals surface area (Å²) in [6, 6.07) is 0. The molecule has 1 rings (SSSR count). The van der Waals surface area contributed by atoms with Gasteiger partial charge in [-0.1, -0.05) is 0 Å². The minimum absolute atomic E-state index is 0. The van der Waals surface area contributed by atoms with E-state index in [9.17, 15) is 31.5 Å². The zero-order valence-electron chi connectivity index (χ0n) is 9.49. The second-order valence-electron chi connectivity index (χ2n) is 3.39. The Morgan fingerprint density at radius 2 is 1.27 bits per heavy atom.